The smallest absolute Gasteiger partial charge is 0.277 e. The summed E-state index contributed by atoms with van der Waals surface area (Å²) in [5, 5.41) is 4.68. The number of amides is 1. The Hall–Kier alpha value is -2.33. The summed E-state index contributed by atoms with van der Waals surface area (Å²) in [6, 6.07) is 11.7. The predicted octanol–water partition coefficient (Wildman–Crippen LogP) is 4.78. The average Bonchev–Trinajstić information content (AvgIpc) is 2.57. The molecule has 138 valence electrons. The van der Waals surface area contributed by atoms with E-state index < -0.39 is 0 Å². The molecule has 4 nitrogen and oxygen atoms in total. The third-order valence-corrected chi connectivity index (χ3v) is 4.56. The van der Waals surface area contributed by atoms with Crippen molar-refractivity contribution in [2.45, 2.75) is 40.0 Å². The lowest BCUT2D eigenvalue weighted by molar-refractivity contribution is -0.123. The number of benzene rings is 2. The first-order chi connectivity index (χ1) is 12.2. The van der Waals surface area contributed by atoms with E-state index in [-0.39, 0.29) is 17.9 Å². The molecule has 0 fully saturated rings. The largest absolute Gasteiger partial charge is 0.484 e. The summed E-state index contributed by atoms with van der Waals surface area (Å²) >= 11 is 6.12. The number of nitrogens with one attached hydrogen (secondary N) is 1. The van der Waals surface area contributed by atoms with Gasteiger partial charge in [0.15, 0.2) is 6.61 Å². The number of nitrogens with zero attached hydrogens (tertiary/aromatic N) is 1. The molecule has 0 aromatic heterocycles. The second-order valence-corrected chi connectivity index (χ2v) is 7.70. The number of halogens is 1. The average molecular weight is 373 g/mol. The van der Waals surface area contributed by atoms with Crippen LogP contribution in [0.2, 0.25) is 5.02 Å². The molecule has 26 heavy (non-hydrogen) atoms. The summed E-state index contributed by atoms with van der Waals surface area (Å²) in [6.45, 7) is 10.2. The molecular formula is C21H25ClN2O2. The summed E-state index contributed by atoms with van der Waals surface area (Å²) in [5.41, 5.74) is 6.58. The molecule has 2 rings (SSSR count). The maximum Gasteiger partial charge on any atom is 0.277 e. The fourth-order valence-electron chi connectivity index (χ4n) is 2.42. The van der Waals surface area contributed by atoms with Crippen molar-refractivity contribution in [1.82, 2.24) is 5.43 Å². The Morgan fingerprint density at radius 1 is 1.15 bits per heavy atom. The fraction of sp³-hybridized carbons (Fsp3) is 0.333. The molecule has 0 spiro atoms. The highest BCUT2D eigenvalue weighted by molar-refractivity contribution is 6.32. The van der Waals surface area contributed by atoms with Gasteiger partial charge in [-0.3, -0.25) is 4.79 Å². The van der Waals surface area contributed by atoms with Crippen LogP contribution in [0.15, 0.2) is 41.5 Å². The molecule has 0 aliphatic rings. The molecule has 0 bridgehead atoms. The van der Waals surface area contributed by atoms with Gasteiger partial charge in [-0.25, -0.2) is 5.43 Å². The zero-order valence-electron chi connectivity index (χ0n) is 15.9. The monoisotopic (exact) mass is 372 g/mol. The number of rotatable bonds is 5. The molecule has 0 atom stereocenters. The zero-order valence-corrected chi connectivity index (χ0v) is 16.6. The van der Waals surface area contributed by atoms with E-state index in [2.05, 4.69) is 43.4 Å². The SMILES string of the molecule is Cc1cc(OCC(=O)NN=Cc2ccc(C(C)(C)C)cc2)cc(C)c1Cl. The highest BCUT2D eigenvalue weighted by atomic mass is 35.5. The number of carbonyl (C=O) groups is 1. The van der Waals surface area contributed by atoms with Crippen molar-refractivity contribution >= 4 is 23.7 Å². The van der Waals surface area contributed by atoms with Gasteiger partial charge in [0.25, 0.3) is 5.91 Å². The maximum absolute atomic E-state index is 11.9. The van der Waals surface area contributed by atoms with E-state index in [1.54, 1.807) is 6.21 Å². The third kappa shape index (κ3) is 5.60. The van der Waals surface area contributed by atoms with Crippen LogP contribution >= 0.6 is 11.6 Å². The Kier molecular flexibility index (Phi) is 6.43. The van der Waals surface area contributed by atoms with Crippen LogP contribution in [0.25, 0.3) is 0 Å². The summed E-state index contributed by atoms with van der Waals surface area (Å²) < 4.78 is 5.50. The van der Waals surface area contributed by atoms with E-state index in [9.17, 15) is 4.79 Å². The van der Waals surface area contributed by atoms with Crippen molar-refractivity contribution in [1.29, 1.82) is 0 Å². The Balaban J connectivity index is 1.86. The van der Waals surface area contributed by atoms with Gasteiger partial charge in [0.2, 0.25) is 0 Å². The lowest BCUT2D eigenvalue weighted by Crippen LogP contribution is -2.24. The Bertz CT molecular complexity index is 783. The van der Waals surface area contributed by atoms with Crippen LogP contribution in [0, 0.1) is 13.8 Å². The number of ether oxygens (including phenoxy) is 1. The van der Waals surface area contributed by atoms with E-state index in [1.807, 2.05) is 38.1 Å². The number of carbonyl (C=O) groups excluding carboxylic acids is 1. The molecule has 0 heterocycles. The zero-order chi connectivity index (χ0) is 19.3. The quantitative estimate of drug-likeness (QED) is 0.606. The highest BCUT2D eigenvalue weighted by Crippen LogP contribution is 2.25. The summed E-state index contributed by atoms with van der Waals surface area (Å²) in [4.78, 5) is 11.9. The van der Waals surface area contributed by atoms with Gasteiger partial charge < -0.3 is 4.74 Å². The van der Waals surface area contributed by atoms with Crippen LogP contribution in [-0.2, 0) is 10.2 Å². The molecule has 0 radical (unpaired) electrons. The predicted molar refractivity (Wildman–Crippen MR) is 107 cm³/mol. The van der Waals surface area contributed by atoms with Gasteiger partial charge in [-0.1, -0.05) is 56.6 Å². The molecule has 0 unspecified atom stereocenters. The van der Waals surface area contributed by atoms with E-state index in [0.717, 1.165) is 16.7 Å². The van der Waals surface area contributed by atoms with Gasteiger partial charge in [-0.15, -0.1) is 0 Å². The first-order valence-electron chi connectivity index (χ1n) is 8.49. The fourth-order valence-corrected chi connectivity index (χ4v) is 2.53. The van der Waals surface area contributed by atoms with Crippen LogP contribution in [0.3, 0.4) is 0 Å². The molecule has 0 saturated carbocycles. The van der Waals surface area contributed by atoms with Gasteiger partial charge in [0.1, 0.15) is 5.75 Å². The Morgan fingerprint density at radius 3 is 2.27 bits per heavy atom. The number of hydrogen-bond donors (Lipinski definition) is 1. The van der Waals surface area contributed by atoms with Gasteiger partial charge in [0.05, 0.1) is 6.21 Å². The molecule has 1 N–H and O–H groups in total. The van der Waals surface area contributed by atoms with Gasteiger partial charge in [-0.05, 0) is 53.6 Å². The molecule has 0 aliphatic carbocycles. The van der Waals surface area contributed by atoms with E-state index in [0.29, 0.717) is 10.8 Å². The van der Waals surface area contributed by atoms with Crippen LogP contribution in [0.4, 0.5) is 0 Å². The van der Waals surface area contributed by atoms with Gasteiger partial charge >= 0.3 is 0 Å². The van der Waals surface area contributed by atoms with Crippen LogP contribution < -0.4 is 10.2 Å². The summed E-state index contributed by atoms with van der Waals surface area (Å²) in [5.74, 6) is 0.291. The highest BCUT2D eigenvalue weighted by Gasteiger charge is 2.12. The van der Waals surface area contributed by atoms with Crippen molar-refractivity contribution in [2.75, 3.05) is 6.61 Å². The standard InChI is InChI=1S/C21H25ClN2O2/c1-14-10-18(11-15(2)20(14)22)26-13-19(25)24-23-12-16-6-8-17(9-7-16)21(3,4)5/h6-12H,13H2,1-5H3,(H,24,25). The number of aryl methyl sites for hydroxylation is 2. The number of hydrazone groups is 1. The van der Waals surface area contributed by atoms with E-state index in [1.165, 1.54) is 5.56 Å². The van der Waals surface area contributed by atoms with Gasteiger partial charge in [-0.2, -0.15) is 5.10 Å². The van der Waals surface area contributed by atoms with Crippen LogP contribution in [-0.4, -0.2) is 18.7 Å². The third-order valence-electron chi connectivity index (χ3n) is 3.96. The minimum absolute atomic E-state index is 0.110. The van der Waals surface area contributed by atoms with Crippen molar-refractivity contribution in [3.05, 3.63) is 63.7 Å². The molecule has 0 aliphatic heterocycles. The second-order valence-electron chi connectivity index (χ2n) is 7.32. The number of hydrogen-bond acceptors (Lipinski definition) is 3. The minimum Gasteiger partial charge on any atom is -0.484 e. The van der Waals surface area contributed by atoms with E-state index in [4.69, 9.17) is 16.3 Å². The summed E-state index contributed by atoms with van der Waals surface area (Å²) in [7, 11) is 0. The van der Waals surface area contributed by atoms with Gasteiger partial charge in [0, 0.05) is 5.02 Å². The topological polar surface area (TPSA) is 50.7 Å². The second kappa shape index (κ2) is 8.37. The molecule has 5 heteroatoms. The molecule has 1 amide bonds. The minimum atomic E-state index is -0.321. The molecular weight excluding hydrogens is 348 g/mol. The van der Waals surface area contributed by atoms with Crippen LogP contribution in [0.1, 0.15) is 43.0 Å². The van der Waals surface area contributed by atoms with Crippen molar-refractivity contribution in [3.63, 3.8) is 0 Å². The maximum atomic E-state index is 11.9. The first-order valence-corrected chi connectivity index (χ1v) is 8.86. The molecule has 2 aromatic carbocycles. The lowest BCUT2D eigenvalue weighted by Gasteiger charge is -2.18. The van der Waals surface area contributed by atoms with Crippen molar-refractivity contribution in [2.24, 2.45) is 5.10 Å². The Labute approximate surface area is 160 Å². The lowest BCUT2D eigenvalue weighted by atomic mass is 9.87. The first kappa shape index (κ1) is 20.0. The normalized spacial score (nSPS) is 11.6. The van der Waals surface area contributed by atoms with Crippen molar-refractivity contribution in [3.8, 4) is 5.75 Å². The Morgan fingerprint density at radius 2 is 1.73 bits per heavy atom. The van der Waals surface area contributed by atoms with E-state index >= 15 is 0 Å². The van der Waals surface area contributed by atoms with Crippen LogP contribution in [0.5, 0.6) is 5.75 Å². The molecule has 0 saturated heterocycles. The van der Waals surface area contributed by atoms with Crippen molar-refractivity contribution < 1.29 is 9.53 Å². The molecule has 2 aromatic rings. The summed E-state index contributed by atoms with van der Waals surface area (Å²) in [6.07, 6.45) is 1.61.